The highest BCUT2D eigenvalue weighted by Gasteiger charge is 2.17. The molecule has 3 rings (SSSR count). The molecular weight excluding hydrogens is 428 g/mol. The lowest BCUT2D eigenvalue weighted by Gasteiger charge is -2.13. The van der Waals surface area contributed by atoms with Gasteiger partial charge >= 0.3 is 0 Å². The normalized spacial score (nSPS) is 10.6. The Labute approximate surface area is 169 Å². The van der Waals surface area contributed by atoms with Crippen molar-refractivity contribution >= 4 is 33.2 Å². The molecule has 0 aliphatic heterocycles. The standard InChI is InChI=1S/C19H17BrN4O4/c1-10-4-11(2)12(3)17(5-10)28-15-7-13(6-14(8-15)24(26)27)22-19(25)18-16(20)9-21-23-18/h4-9H,1-3H3,(H,21,23)(H,22,25). The molecule has 1 amide bonds. The maximum absolute atomic E-state index is 12.4. The van der Waals surface area contributed by atoms with E-state index >= 15 is 0 Å². The third-order valence-corrected chi connectivity index (χ3v) is 4.77. The Hall–Kier alpha value is -3.20. The highest BCUT2D eigenvalue weighted by Crippen LogP contribution is 2.33. The molecular formula is C19H17BrN4O4. The number of anilines is 1. The van der Waals surface area contributed by atoms with Crippen LogP contribution in [0.3, 0.4) is 0 Å². The van der Waals surface area contributed by atoms with E-state index < -0.39 is 10.8 Å². The van der Waals surface area contributed by atoms with Crippen molar-refractivity contribution in [2.75, 3.05) is 5.32 Å². The molecule has 2 aromatic carbocycles. The number of hydrogen-bond acceptors (Lipinski definition) is 5. The Morgan fingerprint density at radius 3 is 2.61 bits per heavy atom. The van der Waals surface area contributed by atoms with Gasteiger partial charge in [-0.1, -0.05) is 6.07 Å². The average molecular weight is 445 g/mol. The topological polar surface area (TPSA) is 110 Å². The molecule has 8 nitrogen and oxygen atoms in total. The number of benzene rings is 2. The summed E-state index contributed by atoms with van der Waals surface area (Å²) in [5.74, 6) is 0.367. The van der Waals surface area contributed by atoms with Gasteiger partial charge in [0.25, 0.3) is 11.6 Å². The third-order valence-electron chi connectivity index (χ3n) is 4.17. The number of ether oxygens (including phenoxy) is 1. The van der Waals surface area contributed by atoms with E-state index in [4.69, 9.17) is 4.74 Å². The third kappa shape index (κ3) is 4.20. The van der Waals surface area contributed by atoms with E-state index in [1.807, 2.05) is 32.9 Å². The number of nitro benzene ring substituents is 1. The molecule has 0 fully saturated rings. The van der Waals surface area contributed by atoms with Crippen LogP contribution in [0.2, 0.25) is 0 Å². The van der Waals surface area contributed by atoms with E-state index in [9.17, 15) is 14.9 Å². The number of non-ortho nitro benzene ring substituents is 1. The molecule has 9 heteroatoms. The second kappa shape index (κ2) is 7.81. The second-order valence-electron chi connectivity index (χ2n) is 6.33. The summed E-state index contributed by atoms with van der Waals surface area (Å²) in [6, 6.07) is 8.01. The molecule has 1 aromatic heterocycles. The van der Waals surface area contributed by atoms with Crippen molar-refractivity contribution in [2.45, 2.75) is 20.8 Å². The van der Waals surface area contributed by atoms with E-state index in [0.717, 1.165) is 16.7 Å². The van der Waals surface area contributed by atoms with Crippen molar-refractivity contribution in [3.05, 3.63) is 73.5 Å². The Morgan fingerprint density at radius 2 is 1.96 bits per heavy atom. The van der Waals surface area contributed by atoms with Gasteiger partial charge in [-0.25, -0.2) is 0 Å². The summed E-state index contributed by atoms with van der Waals surface area (Å²) < 4.78 is 6.40. The number of aromatic nitrogens is 2. The van der Waals surface area contributed by atoms with Gasteiger partial charge in [-0.15, -0.1) is 0 Å². The van der Waals surface area contributed by atoms with Crippen LogP contribution in [0.4, 0.5) is 11.4 Å². The number of H-pyrrole nitrogens is 1. The number of carbonyl (C=O) groups excluding carboxylic acids is 1. The molecule has 0 aliphatic carbocycles. The molecule has 3 aromatic rings. The van der Waals surface area contributed by atoms with Crippen LogP contribution < -0.4 is 10.1 Å². The number of hydrogen-bond donors (Lipinski definition) is 2. The zero-order valence-corrected chi connectivity index (χ0v) is 17.0. The highest BCUT2D eigenvalue weighted by molar-refractivity contribution is 9.10. The van der Waals surface area contributed by atoms with E-state index in [-0.39, 0.29) is 22.8 Å². The lowest BCUT2D eigenvalue weighted by molar-refractivity contribution is -0.384. The summed E-state index contributed by atoms with van der Waals surface area (Å²) in [7, 11) is 0. The Balaban J connectivity index is 1.95. The smallest absolute Gasteiger partial charge is 0.275 e. The van der Waals surface area contributed by atoms with Crippen molar-refractivity contribution < 1.29 is 14.5 Å². The first-order chi connectivity index (χ1) is 13.2. The molecule has 0 saturated heterocycles. The van der Waals surface area contributed by atoms with Crippen molar-refractivity contribution in [1.29, 1.82) is 0 Å². The molecule has 2 N–H and O–H groups in total. The number of nitro groups is 1. The summed E-state index contributed by atoms with van der Waals surface area (Å²) in [4.78, 5) is 23.1. The molecule has 0 aliphatic rings. The van der Waals surface area contributed by atoms with Crippen LogP contribution in [0, 0.1) is 30.9 Å². The molecule has 1 heterocycles. The first-order valence-electron chi connectivity index (χ1n) is 8.30. The summed E-state index contributed by atoms with van der Waals surface area (Å²) in [5.41, 5.74) is 3.25. The van der Waals surface area contributed by atoms with Crippen molar-refractivity contribution in [3.8, 4) is 11.5 Å². The van der Waals surface area contributed by atoms with Crippen molar-refractivity contribution in [3.63, 3.8) is 0 Å². The molecule has 0 saturated carbocycles. The molecule has 0 unspecified atom stereocenters. The van der Waals surface area contributed by atoms with Gasteiger partial charge in [0.1, 0.15) is 17.2 Å². The zero-order chi connectivity index (χ0) is 20.4. The summed E-state index contributed by atoms with van der Waals surface area (Å²) in [6.45, 7) is 5.83. The van der Waals surface area contributed by atoms with Crippen LogP contribution in [0.5, 0.6) is 11.5 Å². The van der Waals surface area contributed by atoms with E-state index in [0.29, 0.717) is 10.2 Å². The van der Waals surface area contributed by atoms with Crippen LogP contribution >= 0.6 is 15.9 Å². The van der Waals surface area contributed by atoms with Crippen molar-refractivity contribution in [2.24, 2.45) is 0 Å². The second-order valence-corrected chi connectivity index (χ2v) is 7.18. The Bertz CT molecular complexity index is 1080. The minimum absolute atomic E-state index is 0.196. The van der Waals surface area contributed by atoms with Crippen LogP contribution in [0.1, 0.15) is 27.2 Å². The van der Waals surface area contributed by atoms with Gasteiger partial charge in [0.05, 0.1) is 27.3 Å². The largest absolute Gasteiger partial charge is 0.457 e. The first kappa shape index (κ1) is 19.6. The highest BCUT2D eigenvalue weighted by atomic mass is 79.9. The zero-order valence-electron chi connectivity index (χ0n) is 15.4. The van der Waals surface area contributed by atoms with Crippen LogP contribution in [0.15, 0.2) is 41.0 Å². The molecule has 0 spiro atoms. The lowest BCUT2D eigenvalue weighted by atomic mass is 10.1. The number of amides is 1. The number of carbonyl (C=O) groups is 1. The Kier molecular flexibility index (Phi) is 5.46. The van der Waals surface area contributed by atoms with Crippen molar-refractivity contribution in [1.82, 2.24) is 10.2 Å². The van der Waals surface area contributed by atoms with Gasteiger partial charge in [-0.2, -0.15) is 5.10 Å². The summed E-state index contributed by atoms with van der Waals surface area (Å²) in [5, 5.41) is 20.3. The van der Waals surface area contributed by atoms with Gasteiger partial charge in [-0.05, 0) is 59.5 Å². The van der Waals surface area contributed by atoms with Gasteiger partial charge in [0, 0.05) is 12.1 Å². The number of nitrogens with one attached hydrogen (secondary N) is 2. The molecule has 0 atom stereocenters. The fourth-order valence-corrected chi connectivity index (χ4v) is 3.05. The lowest BCUT2D eigenvalue weighted by Crippen LogP contribution is -2.13. The minimum Gasteiger partial charge on any atom is -0.457 e. The first-order valence-corrected chi connectivity index (χ1v) is 9.09. The Morgan fingerprint density at radius 1 is 1.21 bits per heavy atom. The van der Waals surface area contributed by atoms with E-state index in [1.54, 1.807) is 0 Å². The monoisotopic (exact) mass is 444 g/mol. The number of nitrogens with zero attached hydrogens (tertiary/aromatic N) is 2. The maximum Gasteiger partial charge on any atom is 0.275 e. The molecule has 144 valence electrons. The van der Waals surface area contributed by atoms with E-state index in [2.05, 4.69) is 31.4 Å². The van der Waals surface area contributed by atoms with Gasteiger partial charge < -0.3 is 10.1 Å². The minimum atomic E-state index is -0.539. The SMILES string of the molecule is Cc1cc(C)c(C)c(Oc2cc(NC(=O)c3[nH]ncc3Br)cc([N+](=O)[O-])c2)c1. The maximum atomic E-state index is 12.4. The fraction of sp³-hybridized carbons (Fsp3) is 0.158. The quantitative estimate of drug-likeness (QED) is 0.422. The number of aromatic amines is 1. The number of rotatable bonds is 5. The van der Waals surface area contributed by atoms with E-state index in [1.165, 1.54) is 24.4 Å². The molecule has 0 radical (unpaired) electrons. The van der Waals surface area contributed by atoms with Crippen LogP contribution in [-0.2, 0) is 0 Å². The number of aryl methyl sites for hydroxylation is 2. The molecule has 0 bridgehead atoms. The summed E-state index contributed by atoms with van der Waals surface area (Å²) >= 11 is 3.21. The summed E-state index contributed by atoms with van der Waals surface area (Å²) in [6.07, 6.45) is 1.44. The predicted molar refractivity (Wildman–Crippen MR) is 108 cm³/mol. The average Bonchev–Trinajstić information content (AvgIpc) is 3.05. The molecule has 28 heavy (non-hydrogen) atoms. The number of halogens is 1. The van der Waals surface area contributed by atoms with Crippen LogP contribution in [0.25, 0.3) is 0 Å². The fourth-order valence-electron chi connectivity index (χ4n) is 2.68. The predicted octanol–water partition coefficient (Wildman–Crippen LogP) is 5.05. The van der Waals surface area contributed by atoms with Gasteiger partial charge in [-0.3, -0.25) is 20.0 Å². The van der Waals surface area contributed by atoms with Gasteiger partial charge in [0.15, 0.2) is 0 Å². The van der Waals surface area contributed by atoms with Gasteiger partial charge in [0.2, 0.25) is 0 Å². The van der Waals surface area contributed by atoms with Crippen LogP contribution in [-0.4, -0.2) is 21.0 Å².